The standard InChI is InChI=1S/C15H21NO4/c1-3-6-12(15(18)19)16-14(17)9-10-20-13-8-5-4-7-11(13)2/h4-5,7-8,12H,3,6,9-10H2,1-2H3,(H,16,17)(H,18,19)/t12-/m0/s1. The summed E-state index contributed by atoms with van der Waals surface area (Å²) in [5, 5.41) is 11.4. The number of carbonyl (C=O) groups excluding carboxylic acids is 1. The molecule has 1 rings (SSSR count). The van der Waals surface area contributed by atoms with Gasteiger partial charge in [-0.3, -0.25) is 4.79 Å². The molecule has 110 valence electrons. The fourth-order valence-electron chi connectivity index (χ4n) is 1.78. The number of hydrogen-bond donors (Lipinski definition) is 2. The second-order valence-electron chi connectivity index (χ2n) is 4.61. The number of aryl methyl sites for hydroxylation is 1. The van der Waals surface area contributed by atoms with Crippen LogP contribution in [0.1, 0.15) is 31.7 Å². The molecule has 0 aliphatic carbocycles. The lowest BCUT2D eigenvalue weighted by atomic mass is 10.1. The van der Waals surface area contributed by atoms with Gasteiger partial charge in [0.1, 0.15) is 11.8 Å². The molecule has 0 saturated heterocycles. The molecular weight excluding hydrogens is 258 g/mol. The monoisotopic (exact) mass is 279 g/mol. The van der Waals surface area contributed by atoms with Crippen LogP contribution in [0.2, 0.25) is 0 Å². The van der Waals surface area contributed by atoms with Crippen LogP contribution in [-0.2, 0) is 9.59 Å². The summed E-state index contributed by atoms with van der Waals surface area (Å²) in [5.41, 5.74) is 1.00. The van der Waals surface area contributed by atoms with Gasteiger partial charge in [-0.1, -0.05) is 31.5 Å². The molecule has 0 aromatic heterocycles. The number of nitrogens with one attached hydrogen (secondary N) is 1. The van der Waals surface area contributed by atoms with Crippen LogP contribution in [0.5, 0.6) is 5.75 Å². The highest BCUT2D eigenvalue weighted by molar-refractivity contribution is 5.83. The number of carbonyl (C=O) groups is 2. The van der Waals surface area contributed by atoms with Gasteiger partial charge >= 0.3 is 5.97 Å². The number of ether oxygens (including phenoxy) is 1. The molecule has 1 amide bonds. The number of carboxylic acid groups (broad SMARTS) is 1. The van der Waals surface area contributed by atoms with Crippen molar-refractivity contribution >= 4 is 11.9 Å². The van der Waals surface area contributed by atoms with Crippen molar-refractivity contribution in [1.82, 2.24) is 5.32 Å². The minimum Gasteiger partial charge on any atom is -0.493 e. The van der Waals surface area contributed by atoms with Crippen molar-refractivity contribution in [3.8, 4) is 5.75 Å². The third-order valence-corrected chi connectivity index (χ3v) is 2.89. The number of carboxylic acids is 1. The van der Waals surface area contributed by atoms with Crippen LogP contribution < -0.4 is 10.1 Å². The van der Waals surface area contributed by atoms with Crippen LogP contribution in [0.4, 0.5) is 0 Å². The molecule has 0 bridgehead atoms. The van der Waals surface area contributed by atoms with E-state index in [4.69, 9.17) is 9.84 Å². The van der Waals surface area contributed by atoms with Crippen molar-refractivity contribution in [2.75, 3.05) is 6.61 Å². The average molecular weight is 279 g/mol. The minimum atomic E-state index is -1.000. The first-order chi connectivity index (χ1) is 9.54. The highest BCUT2D eigenvalue weighted by Crippen LogP contribution is 2.16. The molecular formula is C15H21NO4. The molecule has 0 aliphatic heterocycles. The summed E-state index contributed by atoms with van der Waals surface area (Å²) in [7, 11) is 0. The van der Waals surface area contributed by atoms with Gasteiger partial charge in [0.25, 0.3) is 0 Å². The topological polar surface area (TPSA) is 75.6 Å². The third-order valence-electron chi connectivity index (χ3n) is 2.89. The first-order valence-corrected chi connectivity index (χ1v) is 6.75. The average Bonchev–Trinajstić information content (AvgIpc) is 2.40. The maximum absolute atomic E-state index is 11.7. The van der Waals surface area contributed by atoms with E-state index in [0.29, 0.717) is 12.8 Å². The quantitative estimate of drug-likeness (QED) is 0.764. The smallest absolute Gasteiger partial charge is 0.326 e. The van der Waals surface area contributed by atoms with Crippen molar-refractivity contribution in [3.63, 3.8) is 0 Å². The van der Waals surface area contributed by atoms with Crippen molar-refractivity contribution in [1.29, 1.82) is 0 Å². The van der Waals surface area contributed by atoms with Crippen LogP contribution in [0.25, 0.3) is 0 Å². The largest absolute Gasteiger partial charge is 0.493 e. The number of hydrogen-bond acceptors (Lipinski definition) is 3. The summed E-state index contributed by atoms with van der Waals surface area (Å²) in [6, 6.07) is 6.73. The van der Waals surface area contributed by atoms with Crippen molar-refractivity contribution < 1.29 is 19.4 Å². The number of aliphatic carboxylic acids is 1. The highest BCUT2D eigenvalue weighted by atomic mass is 16.5. The molecule has 5 nitrogen and oxygen atoms in total. The van der Waals surface area contributed by atoms with E-state index in [1.54, 1.807) is 0 Å². The molecule has 0 radical (unpaired) electrons. The van der Waals surface area contributed by atoms with Gasteiger partial charge in [0.05, 0.1) is 13.0 Å². The number of benzene rings is 1. The summed E-state index contributed by atoms with van der Waals surface area (Å²) in [6.45, 7) is 4.04. The van der Waals surface area contributed by atoms with E-state index >= 15 is 0 Å². The van der Waals surface area contributed by atoms with E-state index in [-0.39, 0.29) is 18.9 Å². The Morgan fingerprint density at radius 3 is 2.65 bits per heavy atom. The maximum Gasteiger partial charge on any atom is 0.326 e. The molecule has 1 aromatic carbocycles. The maximum atomic E-state index is 11.7. The summed E-state index contributed by atoms with van der Waals surface area (Å²) in [5.74, 6) is -0.567. The van der Waals surface area contributed by atoms with Gasteiger partial charge in [-0.25, -0.2) is 4.79 Å². The number of rotatable bonds is 8. The Bertz CT molecular complexity index is 459. The number of amides is 1. The Balaban J connectivity index is 2.36. The second kappa shape index (κ2) is 8.19. The summed E-state index contributed by atoms with van der Waals surface area (Å²) >= 11 is 0. The lowest BCUT2D eigenvalue weighted by Crippen LogP contribution is -2.41. The van der Waals surface area contributed by atoms with Crippen LogP contribution in [0.15, 0.2) is 24.3 Å². The lowest BCUT2D eigenvalue weighted by molar-refractivity contribution is -0.142. The Morgan fingerprint density at radius 1 is 1.35 bits per heavy atom. The predicted molar refractivity (Wildman–Crippen MR) is 75.8 cm³/mol. The van der Waals surface area contributed by atoms with Gasteiger partial charge in [0.2, 0.25) is 5.91 Å². The summed E-state index contributed by atoms with van der Waals surface area (Å²) in [4.78, 5) is 22.6. The molecule has 2 N–H and O–H groups in total. The lowest BCUT2D eigenvalue weighted by Gasteiger charge is -2.14. The molecule has 0 aliphatic rings. The zero-order valence-corrected chi connectivity index (χ0v) is 11.9. The SMILES string of the molecule is CCC[C@H](NC(=O)CCOc1ccccc1C)C(=O)O. The fourth-order valence-corrected chi connectivity index (χ4v) is 1.78. The normalized spacial score (nSPS) is 11.7. The van der Waals surface area contributed by atoms with Crippen molar-refractivity contribution in [2.24, 2.45) is 0 Å². The van der Waals surface area contributed by atoms with Crippen LogP contribution in [0, 0.1) is 6.92 Å². The zero-order chi connectivity index (χ0) is 15.0. The Hall–Kier alpha value is -2.04. The van der Waals surface area contributed by atoms with Gasteiger partial charge in [0.15, 0.2) is 0 Å². The Morgan fingerprint density at radius 2 is 2.05 bits per heavy atom. The van der Waals surface area contributed by atoms with Crippen LogP contribution in [-0.4, -0.2) is 29.6 Å². The van der Waals surface area contributed by atoms with Crippen LogP contribution >= 0.6 is 0 Å². The second-order valence-corrected chi connectivity index (χ2v) is 4.61. The molecule has 0 saturated carbocycles. The van der Waals surface area contributed by atoms with E-state index in [1.165, 1.54) is 0 Å². The van der Waals surface area contributed by atoms with E-state index in [0.717, 1.165) is 11.3 Å². The predicted octanol–water partition coefficient (Wildman–Crippen LogP) is 2.13. The highest BCUT2D eigenvalue weighted by Gasteiger charge is 2.18. The Kier molecular flexibility index (Phi) is 6.56. The summed E-state index contributed by atoms with van der Waals surface area (Å²) in [6.07, 6.45) is 1.28. The first kappa shape index (κ1) is 16.0. The van der Waals surface area contributed by atoms with Crippen molar-refractivity contribution in [2.45, 2.75) is 39.2 Å². The molecule has 1 atom stereocenters. The van der Waals surface area contributed by atoms with Gasteiger partial charge in [-0.2, -0.15) is 0 Å². The molecule has 5 heteroatoms. The molecule has 0 unspecified atom stereocenters. The number of para-hydroxylation sites is 1. The van der Waals surface area contributed by atoms with Gasteiger partial charge in [-0.05, 0) is 25.0 Å². The third kappa shape index (κ3) is 5.30. The van der Waals surface area contributed by atoms with Gasteiger partial charge in [-0.15, -0.1) is 0 Å². The van der Waals surface area contributed by atoms with Crippen molar-refractivity contribution in [3.05, 3.63) is 29.8 Å². The Labute approximate surface area is 118 Å². The minimum absolute atomic E-state index is 0.141. The van der Waals surface area contributed by atoms with E-state index in [2.05, 4.69) is 5.32 Å². The molecule has 1 aromatic rings. The molecule has 0 heterocycles. The van der Waals surface area contributed by atoms with Gasteiger partial charge in [0, 0.05) is 0 Å². The fraction of sp³-hybridized carbons (Fsp3) is 0.467. The van der Waals surface area contributed by atoms with Gasteiger partial charge < -0.3 is 15.2 Å². The zero-order valence-electron chi connectivity index (χ0n) is 11.9. The first-order valence-electron chi connectivity index (χ1n) is 6.75. The molecule has 0 spiro atoms. The van der Waals surface area contributed by atoms with E-state index in [9.17, 15) is 9.59 Å². The molecule has 20 heavy (non-hydrogen) atoms. The van der Waals surface area contributed by atoms with Crippen LogP contribution in [0.3, 0.4) is 0 Å². The van der Waals surface area contributed by atoms with E-state index < -0.39 is 12.0 Å². The van der Waals surface area contributed by atoms with E-state index in [1.807, 2.05) is 38.1 Å². The molecule has 0 fully saturated rings. The summed E-state index contributed by atoms with van der Waals surface area (Å²) < 4.78 is 5.50.